The highest BCUT2D eigenvalue weighted by atomic mass is 32.2. The minimum absolute atomic E-state index is 0.109. The number of fused-ring (bicyclic) bond motifs is 1. The molecule has 94 valence electrons. The van der Waals surface area contributed by atoms with E-state index in [1.54, 1.807) is 0 Å². The molecule has 17 heavy (non-hydrogen) atoms. The first-order valence-electron chi connectivity index (χ1n) is 5.83. The van der Waals surface area contributed by atoms with Gasteiger partial charge in [0.15, 0.2) is 0 Å². The smallest absolute Gasteiger partial charge is 0.212 e. The second-order valence-electron chi connectivity index (χ2n) is 5.92. The monoisotopic (exact) mass is 253 g/mol. The second-order valence-corrected chi connectivity index (χ2v) is 7.73. The minimum atomic E-state index is -3.09. The second kappa shape index (κ2) is 4.10. The van der Waals surface area contributed by atoms with Crippen molar-refractivity contribution in [2.24, 2.45) is 5.41 Å². The summed E-state index contributed by atoms with van der Waals surface area (Å²) < 4.78 is 25.4. The highest BCUT2D eigenvalue weighted by Crippen LogP contribution is 2.24. The van der Waals surface area contributed by atoms with Gasteiger partial charge in [-0.05, 0) is 28.5 Å². The quantitative estimate of drug-likeness (QED) is 0.834. The SMILES string of the molecule is CC(C)(C)Cc1ccc2c(c1)CNS(=O)(=O)C2. The highest BCUT2D eigenvalue weighted by Gasteiger charge is 2.21. The lowest BCUT2D eigenvalue weighted by Crippen LogP contribution is -2.30. The molecule has 0 atom stereocenters. The van der Waals surface area contributed by atoms with Crippen LogP contribution in [-0.2, 0) is 28.7 Å². The van der Waals surface area contributed by atoms with Crippen LogP contribution in [0.3, 0.4) is 0 Å². The molecule has 1 heterocycles. The predicted molar refractivity (Wildman–Crippen MR) is 69.1 cm³/mol. The molecule has 0 saturated heterocycles. The van der Waals surface area contributed by atoms with E-state index in [-0.39, 0.29) is 11.2 Å². The first-order chi connectivity index (χ1) is 7.75. The number of nitrogens with one attached hydrogen (secondary N) is 1. The molecule has 1 aromatic rings. The number of rotatable bonds is 1. The average molecular weight is 253 g/mol. The molecule has 1 aromatic carbocycles. The van der Waals surface area contributed by atoms with E-state index in [1.807, 2.05) is 12.1 Å². The van der Waals surface area contributed by atoms with Gasteiger partial charge in [-0.1, -0.05) is 39.0 Å². The van der Waals surface area contributed by atoms with Crippen molar-refractivity contribution in [2.45, 2.75) is 39.5 Å². The molecule has 0 unspecified atom stereocenters. The average Bonchev–Trinajstić information content (AvgIpc) is 2.15. The van der Waals surface area contributed by atoms with Gasteiger partial charge >= 0.3 is 0 Å². The van der Waals surface area contributed by atoms with Gasteiger partial charge in [0.2, 0.25) is 10.0 Å². The van der Waals surface area contributed by atoms with Crippen molar-refractivity contribution in [2.75, 3.05) is 0 Å². The Balaban J connectivity index is 2.28. The summed E-state index contributed by atoms with van der Waals surface area (Å²) in [6.07, 6.45) is 1.01. The third kappa shape index (κ3) is 3.30. The van der Waals surface area contributed by atoms with Gasteiger partial charge in [0.1, 0.15) is 0 Å². The van der Waals surface area contributed by atoms with Crippen molar-refractivity contribution >= 4 is 10.0 Å². The van der Waals surface area contributed by atoms with Crippen LogP contribution in [0.1, 0.15) is 37.5 Å². The van der Waals surface area contributed by atoms with E-state index in [9.17, 15) is 8.42 Å². The Kier molecular flexibility index (Phi) is 3.04. The third-order valence-electron chi connectivity index (χ3n) is 2.83. The lowest BCUT2D eigenvalue weighted by atomic mass is 9.87. The Bertz CT molecular complexity index is 527. The van der Waals surface area contributed by atoms with Crippen molar-refractivity contribution in [1.82, 2.24) is 4.72 Å². The third-order valence-corrected chi connectivity index (χ3v) is 4.11. The van der Waals surface area contributed by atoms with Crippen LogP contribution in [0.25, 0.3) is 0 Å². The molecule has 4 heteroatoms. The topological polar surface area (TPSA) is 46.2 Å². The van der Waals surface area contributed by atoms with Crippen LogP contribution in [-0.4, -0.2) is 8.42 Å². The van der Waals surface area contributed by atoms with E-state index in [4.69, 9.17) is 0 Å². The first-order valence-corrected chi connectivity index (χ1v) is 7.48. The van der Waals surface area contributed by atoms with Crippen LogP contribution in [0, 0.1) is 5.41 Å². The fraction of sp³-hybridized carbons (Fsp3) is 0.538. The summed E-state index contributed by atoms with van der Waals surface area (Å²) in [4.78, 5) is 0. The fourth-order valence-corrected chi connectivity index (χ4v) is 3.32. The van der Waals surface area contributed by atoms with Gasteiger partial charge in [0.25, 0.3) is 0 Å². The molecule has 3 nitrogen and oxygen atoms in total. The maximum Gasteiger partial charge on any atom is 0.216 e. The van der Waals surface area contributed by atoms with Crippen molar-refractivity contribution in [3.05, 3.63) is 34.9 Å². The first kappa shape index (κ1) is 12.6. The lowest BCUT2D eigenvalue weighted by Gasteiger charge is -2.21. The number of benzene rings is 1. The van der Waals surface area contributed by atoms with Crippen molar-refractivity contribution in [1.29, 1.82) is 0 Å². The summed E-state index contributed by atoms with van der Waals surface area (Å²) in [7, 11) is -3.09. The van der Waals surface area contributed by atoms with Gasteiger partial charge in [-0.25, -0.2) is 13.1 Å². The summed E-state index contributed by atoms with van der Waals surface area (Å²) in [5, 5.41) is 0. The standard InChI is InChI=1S/C13H19NO2S/c1-13(2,3)7-10-4-5-11-9-17(15,16)14-8-12(11)6-10/h4-6,14H,7-9H2,1-3H3. The Morgan fingerprint density at radius 1 is 1.24 bits per heavy atom. The van der Waals surface area contributed by atoms with E-state index in [1.165, 1.54) is 5.56 Å². The normalized spacial score (nSPS) is 18.8. The molecule has 0 fully saturated rings. The van der Waals surface area contributed by atoms with Gasteiger partial charge in [0.05, 0.1) is 5.75 Å². The zero-order valence-corrected chi connectivity index (χ0v) is 11.4. The molecule has 0 aliphatic carbocycles. The van der Waals surface area contributed by atoms with Crippen LogP contribution in [0.2, 0.25) is 0 Å². The van der Waals surface area contributed by atoms with Gasteiger partial charge in [0, 0.05) is 6.54 Å². The maximum absolute atomic E-state index is 11.4. The maximum atomic E-state index is 11.4. The van der Waals surface area contributed by atoms with Gasteiger partial charge in [-0.3, -0.25) is 0 Å². The number of sulfonamides is 1. The lowest BCUT2D eigenvalue weighted by molar-refractivity contribution is 0.411. The Morgan fingerprint density at radius 3 is 2.59 bits per heavy atom. The molecule has 2 rings (SSSR count). The van der Waals surface area contributed by atoms with E-state index < -0.39 is 10.0 Å². The van der Waals surface area contributed by atoms with Crippen LogP contribution < -0.4 is 4.72 Å². The number of hydrogen-bond donors (Lipinski definition) is 1. The van der Waals surface area contributed by atoms with Crippen LogP contribution >= 0.6 is 0 Å². The van der Waals surface area contributed by atoms with E-state index in [0.717, 1.165) is 17.5 Å². The molecule has 0 saturated carbocycles. The number of hydrogen-bond acceptors (Lipinski definition) is 2. The molecule has 0 amide bonds. The molecular formula is C13H19NO2S. The van der Waals surface area contributed by atoms with E-state index >= 15 is 0 Å². The molecule has 1 aliphatic heterocycles. The molecule has 0 bridgehead atoms. The molecule has 0 aromatic heterocycles. The van der Waals surface area contributed by atoms with E-state index in [0.29, 0.717) is 6.54 Å². The highest BCUT2D eigenvalue weighted by molar-refractivity contribution is 7.88. The zero-order valence-electron chi connectivity index (χ0n) is 10.6. The van der Waals surface area contributed by atoms with Crippen LogP contribution in [0.15, 0.2) is 18.2 Å². The largest absolute Gasteiger partial charge is 0.216 e. The summed E-state index contributed by atoms with van der Waals surface area (Å²) in [5.41, 5.74) is 3.57. The van der Waals surface area contributed by atoms with Gasteiger partial charge < -0.3 is 0 Å². The Labute approximate surface area is 103 Å². The molecule has 0 radical (unpaired) electrons. The molecule has 0 spiro atoms. The molecule has 1 N–H and O–H groups in total. The Hall–Kier alpha value is -0.870. The van der Waals surface area contributed by atoms with Crippen molar-refractivity contribution in [3.63, 3.8) is 0 Å². The summed E-state index contributed by atoms with van der Waals surface area (Å²) in [6, 6.07) is 6.13. The summed E-state index contributed by atoms with van der Waals surface area (Å²) in [6.45, 7) is 7.04. The summed E-state index contributed by atoms with van der Waals surface area (Å²) >= 11 is 0. The van der Waals surface area contributed by atoms with Crippen LogP contribution in [0.4, 0.5) is 0 Å². The van der Waals surface area contributed by atoms with Crippen molar-refractivity contribution < 1.29 is 8.42 Å². The zero-order chi connectivity index (χ0) is 12.7. The van der Waals surface area contributed by atoms with Gasteiger partial charge in [-0.15, -0.1) is 0 Å². The predicted octanol–water partition coefficient (Wildman–Crippen LogP) is 2.21. The minimum Gasteiger partial charge on any atom is -0.212 e. The van der Waals surface area contributed by atoms with Gasteiger partial charge in [-0.2, -0.15) is 0 Å². The Morgan fingerprint density at radius 2 is 1.94 bits per heavy atom. The fourth-order valence-electron chi connectivity index (χ4n) is 2.15. The van der Waals surface area contributed by atoms with Crippen LogP contribution in [0.5, 0.6) is 0 Å². The van der Waals surface area contributed by atoms with E-state index in [2.05, 4.69) is 31.6 Å². The molecular weight excluding hydrogens is 234 g/mol. The van der Waals surface area contributed by atoms with Crippen molar-refractivity contribution in [3.8, 4) is 0 Å². The summed E-state index contributed by atoms with van der Waals surface area (Å²) in [5.74, 6) is 0.109. The molecule has 1 aliphatic rings.